The Morgan fingerprint density at radius 1 is 1.50 bits per heavy atom. The van der Waals surface area contributed by atoms with Crippen LogP contribution in [0.5, 0.6) is 0 Å². The third-order valence-corrected chi connectivity index (χ3v) is 2.90. The Labute approximate surface area is 105 Å². The van der Waals surface area contributed by atoms with Crippen molar-refractivity contribution < 1.29 is 18.7 Å². The van der Waals surface area contributed by atoms with Crippen LogP contribution in [0.15, 0.2) is 36.1 Å². The third kappa shape index (κ3) is 3.32. The monoisotopic (exact) mass is 250 g/mol. The molecule has 0 N–H and O–H groups in total. The van der Waals surface area contributed by atoms with E-state index in [1.807, 2.05) is 6.07 Å². The van der Waals surface area contributed by atoms with Gasteiger partial charge in [0.25, 0.3) is 0 Å². The van der Waals surface area contributed by atoms with Gasteiger partial charge in [-0.2, -0.15) is 0 Å². The number of methoxy groups -OCH3 is 1. The molecule has 0 amide bonds. The predicted molar refractivity (Wildman–Crippen MR) is 64.3 cm³/mol. The third-order valence-electron chi connectivity index (χ3n) is 2.90. The van der Waals surface area contributed by atoms with Crippen LogP contribution in [0, 0.1) is 5.82 Å². The Morgan fingerprint density at radius 3 is 3.06 bits per heavy atom. The van der Waals surface area contributed by atoms with Gasteiger partial charge in [0.15, 0.2) is 0 Å². The number of carbonyl (C=O) groups excluding carboxylic acids is 1. The number of ether oxygens (including phenoxy) is 2. The Bertz CT molecular complexity index is 468. The highest BCUT2D eigenvalue weighted by Crippen LogP contribution is 2.20. The summed E-state index contributed by atoms with van der Waals surface area (Å²) in [6.45, 7) is 0. The number of esters is 1. The lowest BCUT2D eigenvalue weighted by atomic mass is 10.0. The summed E-state index contributed by atoms with van der Waals surface area (Å²) in [6, 6.07) is 6.45. The van der Waals surface area contributed by atoms with Crippen LogP contribution >= 0.6 is 0 Å². The molecule has 18 heavy (non-hydrogen) atoms. The van der Waals surface area contributed by atoms with Crippen LogP contribution in [0.2, 0.25) is 0 Å². The summed E-state index contributed by atoms with van der Waals surface area (Å²) >= 11 is 0. The highest BCUT2D eigenvalue weighted by molar-refractivity contribution is 5.83. The normalized spacial score (nSPS) is 19.1. The van der Waals surface area contributed by atoms with Gasteiger partial charge in [0, 0.05) is 6.42 Å². The molecule has 0 spiro atoms. The number of carbonyl (C=O) groups is 1. The van der Waals surface area contributed by atoms with Gasteiger partial charge in [-0.25, -0.2) is 9.18 Å². The van der Waals surface area contributed by atoms with E-state index >= 15 is 0 Å². The second-order valence-electron chi connectivity index (χ2n) is 4.25. The highest BCUT2D eigenvalue weighted by Gasteiger charge is 2.21. The van der Waals surface area contributed by atoms with Gasteiger partial charge in [-0.15, -0.1) is 0 Å². The van der Waals surface area contributed by atoms with E-state index in [0.717, 1.165) is 5.56 Å². The number of hydrogen-bond donors (Lipinski definition) is 0. The van der Waals surface area contributed by atoms with Crippen molar-refractivity contribution in [2.45, 2.75) is 25.4 Å². The lowest BCUT2D eigenvalue weighted by Crippen LogP contribution is -2.23. The van der Waals surface area contributed by atoms with Gasteiger partial charge in [0.2, 0.25) is 0 Å². The molecule has 1 heterocycles. The van der Waals surface area contributed by atoms with Crippen molar-refractivity contribution in [1.29, 1.82) is 0 Å². The molecule has 2 rings (SSSR count). The minimum Gasteiger partial charge on any atom is -0.501 e. The minimum absolute atomic E-state index is 0.194. The zero-order valence-corrected chi connectivity index (χ0v) is 10.2. The first-order valence-electron chi connectivity index (χ1n) is 5.87. The fraction of sp³-hybridized carbons (Fsp3) is 0.357. The van der Waals surface area contributed by atoms with E-state index in [9.17, 15) is 9.18 Å². The van der Waals surface area contributed by atoms with Crippen LogP contribution in [0.4, 0.5) is 4.39 Å². The zero-order valence-electron chi connectivity index (χ0n) is 10.2. The molecule has 0 saturated carbocycles. The van der Waals surface area contributed by atoms with Gasteiger partial charge in [-0.3, -0.25) is 0 Å². The Hall–Kier alpha value is -1.84. The fourth-order valence-corrected chi connectivity index (χ4v) is 1.98. The summed E-state index contributed by atoms with van der Waals surface area (Å²) in [4.78, 5) is 11.3. The first-order chi connectivity index (χ1) is 8.67. The maximum absolute atomic E-state index is 13.0. The van der Waals surface area contributed by atoms with Gasteiger partial charge >= 0.3 is 5.97 Å². The smallest absolute Gasteiger partial charge is 0.334 e. The standard InChI is InChI=1S/C14H15FO3/c1-17-13-8-12(18-14(16)9-13)6-5-10-3-2-4-11(15)7-10/h2-4,7,9,12H,5-6,8H2,1H3. The Kier molecular flexibility index (Phi) is 3.97. The second kappa shape index (κ2) is 5.67. The Morgan fingerprint density at radius 2 is 2.33 bits per heavy atom. The summed E-state index contributed by atoms with van der Waals surface area (Å²) < 4.78 is 23.2. The van der Waals surface area contributed by atoms with Crippen LogP contribution in [0.3, 0.4) is 0 Å². The van der Waals surface area contributed by atoms with Crippen LogP contribution in [-0.2, 0) is 20.7 Å². The van der Waals surface area contributed by atoms with Gasteiger partial charge in [0.1, 0.15) is 17.7 Å². The molecule has 1 aromatic carbocycles. The van der Waals surface area contributed by atoms with E-state index in [0.29, 0.717) is 25.0 Å². The van der Waals surface area contributed by atoms with E-state index in [-0.39, 0.29) is 17.9 Å². The molecule has 1 aromatic rings. The molecule has 0 fully saturated rings. The zero-order chi connectivity index (χ0) is 13.0. The van der Waals surface area contributed by atoms with Crippen molar-refractivity contribution >= 4 is 5.97 Å². The van der Waals surface area contributed by atoms with Gasteiger partial charge in [-0.1, -0.05) is 12.1 Å². The fourth-order valence-electron chi connectivity index (χ4n) is 1.98. The van der Waals surface area contributed by atoms with Crippen molar-refractivity contribution in [1.82, 2.24) is 0 Å². The molecule has 0 aromatic heterocycles. The largest absolute Gasteiger partial charge is 0.501 e. The summed E-state index contributed by atoms with van der Waals surface area (Å²) in [5.41, 5.74) is 0.902. The van der Waals surface area contributed by atoms with Crippen LogP contribution < -0.4 is 0 Å². The van der Waals surface area contributed by atoms with Gasteiger partial charge in [0.05, 0.1) is 13.2 Å². The average Bonchev–Trinajstić information content (AvgIpc) is 2.36. The number of halogens is 1. The summed E-state index contributed by atoms with van der Waals surface area (Å²) in [5.74, 6) is 0.0171. The van der Waals surface area contributed by atoms with Crippen molar-refractivity contribution in [3.05, 3.63) is 47.5 Å². The molecule has 1 aliphatic heterocycles. The minimum atomic E-state index is -0.373. The average molecular weight is 250 g/mol. The molecule has 0 saturated heterocycles. The van der Waals surface area contributed by atoms with Gasteiger partial charge < -0.3 is 9.47 Å². The second-order valence-corrected chi connectivity index (χ2v) is 4.25. The number of rotatable bonds is 4. The maximum Gasteiger partial charge on any atom is 0.334 e. The lowest BCUT2D eigenvalue weighted by molar-refractivity contribution is -0.145. The van der Waals surface area contributed by atoms with Crippen LogP contribution in [0.25, 0.3) is 0 Å². The van der Waals surface area contributed by atoms with Crippen molar-refractivity contribution in [3.8, 4) is 0 Å². The van der Waals surface area contributed by atoms with Crippen molar-refractivity contribution in [2.75, 3.05) is 7.11 Å². The summed E-state index contributed by atoms with van der Waals surface area (Å²) in [7, 11) is 1.54. The summed E-state index contributed by atoms with van der Waals surface area (Å²) in [5, 5.41) is 0. The van der Waals surface area contributed by atoms with Crippen LogP contribution in [0.1, 0.15) is 18.4 Å². The number of hydrogen-bond acceptors (Lipinski definition) is 3. The highest BCUT2D eigenvalue weighted by atomic mass is 19.1. The molecule has 0 radical (unpaired) electrons. The first-order valence-corrected chi connectivity index (χ1v) is 5.87. The molecular formula is C14H15FO3. The topological polar surface area (TPSA) is 35.5 Å². The van der Waals surface area contributed by atoms with Crippen LogP contribution in [-0.4, -0.2) is 19.2 Å². The van der Waals surface area contributed by atoms with E-state index in [1.54, 1.807) is 6.07 Å². The molecule has 4 heteroatoms. The molecule has 96 valence electrons. The molecule has 1 aliphatic rings. The van der Waals surface area contributed by atoms with Crippen molar-refractivity contribution in [3.63, 3.8) is 0 Å². The van der Waals surface area contributed by atoms with E-state index in [2.05, 4.69) is 0 Å². The number of benzene rings is 1. The number of aryl methyl sites for hydroxylation is 1. The molecule has 0 bridgehead atoms. The molecule has 3 nitrogen and oxygen atoms in total. The summed E-state index contributed by atoms with van der Waals surface area (Å²) in [6.07, 6.45) is 3.08. The quantitative estimate of drug-likeness (QED) is 0.770. The predicted octanol–water partition coefficient (Wildman–Crippen LogP) is 2.60. The molecular weight excluding hydrogens is 235 g/mol. The van der Waals surface area contributed by atoms with Gasteiger partial charge in [-0.05, 0) is 30.5 Å². The SMILES string of the molecule is COC1=CC(=O)OC(CCc2cccc(F)c2)C1. The maximum atomic E-state index is 13.0. The molecule has 1 unspecified atom stereocenters. The lowest BCUT2D eigenvalue weighted by Gasteiger charge is -2.22. The van der Waals surface area contributed by atoms with E-state index < -0.39 is 0 Å². The number of cyclic esters (lactones) is 1. The molecule has 1 atom stereocenters. The molecule has 0 aliphatic carbocycles. The first kappa shape index (κ1) is 12.6. The van der Waals surface area contributed by atoms with E-state index in [1.165, 1.54) is 25.3 Å². The van der Waals surface area contributed by atoms with E-state index in [4.69, 9.17) is 9.47 Å². The van der Waals surface area contributed by atoms with Crippen molar-refractivity contribution in [2.24, 2.45) is 0 Å². The Balaban J connectivity index is 1.91.